The van der Waals surface area contributed by atoms with Gasteiger partial charge >= 0.3 is 18.1 Å². The molecule has 6 atom stereocenters. The van der Waals surface area contributed by atoms with Crippen molar-refractivity contribution in [3.8, 4) is 23.1 Å². The molecule has 54 heavy (non-hydrogen) atoms. The Morgan fingerprint density at radius 2 is 1.81 bits per heavy atom. The number of rotatable bonds is 12. The molecule has 2 fully saturated rings. The molecule has 0 spiro atoms. The molecule has 2 aliphatic rings. The molecule has 0 aromatic carbocycles. The third-order valence-corrected chi connectivity index (χ3v) is 9.79. The SMILES string of the molecule is CN(CCN(C)C(=O)n1ccc2c(-c3cnn(C(CC#N)C4CCCC4)c3)ncnc21)C(=O)OCc1ncccc1O[C@@H]1O[C@H](C(=O)O)[C@@H](O)[C@H](O)[C@H]1O. The second-order valence-electron chi connectivity index (χ2n) is 13.3. The number of nitrogens with zero attached hydrogens (tertiary/aromatic N) is 9. The number of hydrogen-bond donors (Lipinski definition) is 4. The van der Waals surface area contributed by atoms with Crippen LogP contribution in [0.15, 0.2) is 49.3 Å². The van der Waals surface area contributed by atoms with E-state index >= 15 is 0 Å². The first-order valence-corrected chi connectivity index (χ1v) is 17.4. The average molecular weight is 748 g/mol. The highest BCUT2D eigenvalue weighted by molar-refractivity contribution is 5.96. The van der Waals surface area contributed by atoms with E-state index in [9.17, 15) is 40.1 Å². The topological polar surface area (TPSA) is 252 Å². The summed E-state index contributed by atoms with van der Waals surface area (Å²) in [7, 11) is 3.07. The maximum absolute atomic E-state index is 13.5. The lowest BCUT2D eigenvalue weighted by Gasteiger charge is -2.38. The minimum atomic E-state index is -1.89. The fourth-order valence-corrected chi connectivity index (χ4v) is 6.71. The predicted molar refractivity (Wildman–Crippen MR) is 185 cm³/mol. The van der Waals surface area contributed by atoms with Crippen LogP contribution in [0.4, 0.5) is 9.59 Å². The smallest absolute Gasteiger partial charge is 0.409 e. The van der Waals surface area contributed by atoms with Crippen molar-refractivity contribution >= 4 is 29.1 Å². The van der Waals surface area contributed by atoms with E-state index in [0.717, 1.165) is 31.2 Å². The van der Waals surface area contributed by atoms with Crippen LogP contribution in [0.5, 0.6) is 5.75 Å². The zero-order valence-electron chi connectivity index (χ0n) is 29.6. The number of ether oxygens (including phenoxy) is 3. The quantitative estimate of drug-likeness (QED) is 0.161. The molecule has 0 radical (unpaired) electrons. The normalized spacial score (nSPS) is 22.0. The molecule has 1 unspecified atom stereocenters. The van der Waals surface area contributed by atoms with Crippen LogP contribution in [0.2, 0.25) is 0 Å². The van der Waals surface area contributed by atoms with Gasteiger partial charge in [-0.15, -0.1) is 0 Å². The minimum absolute atomic E-state index is 0.0144. The molecule has 4 N–H and O–H groups in total. The summed E-state index contributed by atoms with van der Waals surface area (Å²) in [6, 6.07) is 6.54. The Kier molecular flexibility index (Phi) is 11.7. The van der Waals surface area contributed by atoms with Gasteiger partial charge in [-0.1, -0.05) is 12.8 Å². The average Bonchev–Trinajstić information content (AvgIpc) is 3.97. The summed E-state index contributed by atoms with van der Waals surface area (Å²) in [5.74, 6) is -1.19. The molecule has 1 aliphatic carbocycles. The molecule has 2 amide bonds. The zero-order valence-corrected chi connectivity index (χ0v) is 29.6. The number of aliphatic carboxylic acids is 1. The largest absolute Gasteiger partial charge is 0.479 e. The maximum Gasteiger partial charge on any atom is 0.409 e. The number of pyridine rings is 1. The highest BCUT2D eigenvalue weighted by atomic mass is 16.7. The number of aliphatic hydroxyl groups excluding tert-OH is 3. The lowest BCUT2D eigenvalue weighted by molar-refractivity contribution is -0.271. The molecular formula is C35H41N9O10. The molecular weight excluding hydrogens is 706 g/mol. The van der Waals surface area contributed by atoms with Crippen molar-refractivity contribution in [1.82, 2.24) is 39.1 Å². The number of aromatic nitrogens is 6. The Labute approximate surface area is 308 Å². The van der Waals surface area contributed by atoms with Crippen LogP contribution in [0, 0.1) is 17.2 Å². The Balaban J connectivity index is 1.05. The van der Waals surface area contributed by atoms with Crippen molar-refractivity contribution < 1.29 is 49.0 Å². The number of carboxylic acids is 1. The summed E-state index contributed by atoms with van der Waals surface area (Å²) in [6.45, 7) is -0.167. The minimum Gasteiger partial charge on any atom is -0.479 e. The molecule has 1 aliphatic heterocycles. The van der Waals surface area contributed by atoms with E-state index in [1.807, 2.05) is 10.9 Å². The first-order valence-electron chi connectivity index (χ1n) is 17.4. The van der Waals surface area contributed by atoms with E-state index in [1.54, 1.807) is 25.5 Å². The fourth-order valence-electron chi connectivity index (χ4n) is 6.71. The third-order valence-electron chi connectivity index (χ3n) is 9.79. The highest BCUT2D eigenvalue weighted by Crippen LogP contribution is 2.37. The predicted octanol–water partition coefficient (Wildman–Crippen LogP) is 1.77. The van der Waals surface area contributed by atoms with Gasteiger partial charge in [0.05, 0.1) is 30.4 Å². The van der Waals surface area contributed by atoms with E-state index < -0.39 is 48.8 Å². The Morgan fingerprint density at radius 1 is 1.06 bits per heavy atom. The van der Waals surface area contributed by atoms with Crippen LogP contribution in [0.3, 0.4) is 0 Å². The van der Waals surface area contributed by atoms with Crippen LogP contribution in [0.1, 0.15) is 43.8 Å². The van der Waals surface area contributed by atoms with Gasteiger partial charge in [0.2, 0.25) is 6.29 Å². The van der Waals surface area contributed by atoms with Gasteiger partial charge in [0.15, 0.2) is 11.8 Å². The number of fused-ring (bicyclic) bond motifs is 1. The number of nitriles is 1. The van der Waals surface area contributed by atoms with Gasteiger partial charge in [0.25, 0.3) is 0 Å². The van der Waals surface area contributed by atoms with Crippen LogP contribution >= 0.6 is 0 Å². The molecule has 6 rings (SSSR count). The molecule has 1 saturated carbocycles. The Morgan fingerprint density at radius 3 is 2.56 bits per heavy atom. The molecule has 0 bridgehead atoms. The van der Waals surface area contributed by atoms with E-state index in [-0.39, 0.29) is 37.2 Å². The highest BCUT2D eigenvalue weighted by Gasteiger charge is 2.48. The molecule has 4 aromatic rings. The number of amides is 2. The standard InChI is InChI=1S/C35H41N9O10/c1-41(14-15-42(2)35(51)52-18-23-25(8-5-12-37-23)53-33-29(47)27(45)28(46)30(54-33)32(48)49)34(50)43-13-10-22-26(38-19-39-31(22)43)21-16-40-44(17-21)24(9-11-36)20-6-3-4-7-20/h5,8,10,12-13,16-17,19-20,24,27-30,33,45-47H,3-4,6-7,9,14-15,18H2,1-2H3,(H,48,49)/t24?,27-,28-,29+,30-,33+/m0/s1. The second-order valence-corrected chi connectivity index (χ2v) is 13.3. The molecule has 4 aromatic heterocycles. The number of likely N-dealkylation sites (N-methyl/N-ethyl adjacent to an activating group) is 2. The summed E-state index contributed by atoms with van der Waals surface area (Å²) in [6.07, 6.45) is 2.96. The fraction of sp³-hybridized carbons (Fsp3) is 0.486. The van der Waals surface area contributed by atoms with Crippen molar-refractivity contribution in [2.45, 2.75) is 75.5 Å². The molecule has 1 saturated heterocycles. The van der Waals surface area contributed by atoms with Crippen LogP contribution in [0.25, 0.3) is 22.3 Å². The summed E-state index contributed by atoms with van der Waals surface area (Å²) in [4.78, 5) is 53.5. The Hall–Kier alpha value is -5.68. The summed E-state index contributed by atoms with van der Waals surface area (Å²) in [5, 5.41) is 54.4. The lowest BCUT2D eigenvalue weighted by Crippen LogP contribution is -2.61. The number of hydrogen-bond acceptors (Lipinski definition) is 14. The van der Waals surface area contributed by atoms with E-state index in [1.165, 1.54) is 46.1 Å². The first kappa shape index (κ1) is 38.1. The van der Waals surface area contributed by atoms with Crippen molar-refractivity contribution in [3.63, 3.8) is 0 Å². The van der Waals surface area contributed by atoms with Gasteiger partial charge in [-0.25, -0.2) is 24.4 Å². The first-order chi connectivity index (χ1) is 26.0. The molecule has 19 nitrogen and oxygen atoms in total. The van der Waals surface area contributed by atoms with Gasteiger partial charge in [-0.3, -0.25) is 14.2 Å². The van der Waals surface area contributed by atoms with Crippen molar-refractivity contribution in [1.29, 1.82) is 5.26 Å². The number of carbonyl (C=O) groups is 3. The second kappa shape index (κ2) is 16.6. The van der Waals surface area contributed by atoms with Gasteiger partial charge < -0.3 is 44.4 Å². The molecule has 286 valence electrons. The van der Waals surface area contributed by atoms with E-state index in [2.05, 4.69) is 26.1 Å². The van der Waals surface area contributed by atoms with E-state index in [0.29, 0.717) is 29.1 Å². The maximum atomic E-state index is 13.5. The Bertz CT molecular complexity index is 2010. The monoisotopic (exact) mass is 747 g/mol. The lowest BCUT2D eigenvalue weighted by atomic mass is 9.96. The van der Waals surface area contributed by atoms with Crippen LogP contribution in [-0.2, 0) is 20.9 Å². The van der Waals surface area contributed by atoms with Crippen molar-refractivity contribution in [2.24, 2.45) is 5.92 Å². The van der Waals surface area contributed by atoms with Gasteiger partial charge in [0, 0.05) is 56.7 Å². The number of carboxylic acid groups (broad SMARTS) is 1. The number of aliphatic hydroxyl groups is 3. The molecule has 19 heteroatoms. The molecule has 5 heterocycles. The third kappa shape index (κ3) is 7.96. The zero-order chi connectivity index (χ0) is 38.5. The summed E-state index contributed by atoms with van der Waals surface area (Å²) >= 11 is 0. The summed E-state index contributed by atoms with van der Waals surface area (Å²) in [5.41, 5.74) is 1.84. The number of carbonyl (C=O) groups excluding carboxylic acids is 2. The van der Waals surface area contributed by atoms with E-state index in [4.69, 9.17) is 14.2 Å². The van der Waals surface area contributed by atoms with Crippen LogP contribution in [-0.4, -0.2) is 136 Å². The van der Waals surface area contributed by atoms with Gasteiger partial charge in [0.1, 0.15) is 42.7 Å². The van der Waals surface area contributed by atoms with Gasteiger partial charge in [-0.05, 0) is 37.0 Å². The van der Waals surface area contributed by atoms with Crippen molar-refractivity contribution in [3.05, 3.63) is 55.0 Å². The van der Waals surface area contributed by atoms with Gasteiger partial charge in [-0.2, -0.15) is 10.4 Å². The van der Waals surface area contributed by atoms with Crippen LogP contribution < -0.4 is 4.74 Å². The van der Waals surface area contributed by atoms with Crippen molar-refractivity contribution in [2.75, 3.05) is 27.2 Å². The summed E-state index contributed by atoms with van der Waals surface area (Å²) < 4.78 is 19.4.